The fraction of sp³-hybridized carbons (Fsp3) is 0.867. The van der Waals surface area contributed by atoms with Gasteiger partial charge in [0.1, 0.15) is 0 Å². The lowest BCUT2D eigenvalue weighted by Crippen LogP contribution is -2.52. The number of amides is 1. The highest BCUT2D eigenvalue weighted by Crippen LogP contribution is 2.23. The molecule has 0 aromatic rings. The molecule has 1 N–H and O–H groups in total. The SMILES string of the molecule is CC(C)[C@H](C(=O)N1CC[C@H](C(=O)O)C1)N1CCCCC1. The van der Waals surface area contributed by atoms with Gasteiger partial charge in [-0.2, -0.15) is 0 Å². The number of piperidine rings is 1. The zero-order valence-corrected chi connectivity index (χ0v) is 12.5. The van der Waals surface area contributed by atoms with Crippen LogP contribution < -0.4 is 0 Å². The lowest BCUT2D eigenvalue weighted by molar-refractivity contribution is -0.142. The highest BCUT2D eigenvalue weighted by atomic mass is 16.4. The minimum Gasteiger partial charge on any atom is -0.481 e. The van der Waals surface area contributed by atoms with Gasteiger partial charge < -0.3 is 10.0 Å². The molecule has 0 bridgehead atoms. The lowest BCUT2D eigenvalue weighted by Gasteiger charge is -2.37. The maximum Gasteiger partial charge on any atom is 0.308 e. The Morgan fingerprint density at radius 3 is 2.25 bits per heavy atom. The smallest absolute Gasteiger partial charge is 0.308 e. The van der Waals surface area contributed by atoms with Crippen molar-refractivity contribution in [3.63, 3.8) is 0 Å². The molecule has 0 spiro atoms. The number of likely N-dealkylation sites (tertiary alicyclic amines) is 2. The van der Waals surface area contributed by atoms with Crippen molar-refractivity contribution in [3.05, 3.63) is 0 Å². The predicted molar refractivity (Wildman–Crippen MR) is 76.4 cm³/mol. The van der Waals surface area contributed by atoms with Crippen LogP contribution in [0.3, 0.4) is 0 Å². The van der Waals surface area contributed by atoms with Crippen molar-refractivity contribution in [1.82, 2.24) is 9.80 Å². The molecule has 0 aliphatic carbocycles. The van der Waals surface area contributed by atoms with Gasteiger partial charge in [0.15, 0.2) is 0 Å². The summed E-state index contributed by atoms with van der Waals surface area (Å²) < 4.78 is 0. The largest absolute Gasteiger partial charge is 0.481 e. The molecular weight excluding hydrogens is 256 g/mol. The first-order valence-electron chi connectivity index (χ1n) is 7.76. The van der Waals surface area contributed by atoms with Crippen LogP contribution in [0.25, 0.3) is 0 Å². The van der Waals surface area contributed by atoms with E-state index in [-0.39, 0.29) is 23.8 Å². The number of aliphatic carboxylic acids is 1. The zero-order chi connectivity index (χ0) is 14.7. The maximum absolute atomic E-state index is 12.7. The van der Waals surface area contributed by atoms with Gasteiger partial charge in [-0.3, -0.25) is 14.5 Å². The number of carbonyl (C=O) groups excluding carboxylic acids is 1. The molecule has 2 fully saturated rings. The number of rotatable bonds is 4. The summed E-state index contributed by atoms with van der Waals surface area (Å²) >= 11 is 0. The van der Waals surface area contributed by atoms with E-state index < -0.39 is 5.97 Å². The fourth-order valence-corrected chi connectivity index (χ4v) is 3.41. The molecule has 2 heterocycles. The van der Waals surface area contributed by atoms with Gasteiger partial charge >= 0.3 is 5.97 Å². The van der Waals surface area contributed by atoms with Crippen molar-refractivity contribution in [2.75, 3.05) is 26.2 Å². The normalized spacial score (nSPS) is 25.9. The van der Waals surface area contributed by atoms with Crippen LogP contribution in [0.15, 0.2) is 0 Å². The molecule has 5 nitrogen and oxygen atoms in total. The molecule has 0 saturated carbocycles. The van der Waals surface area contributed by atoms with Crippen LogP contribution in [0, 0.1) is 11.8 Å². The van der Waals surface area contributed by atoms with E-state index >= 15 is 0 Å². The molecule has 5 heteroatoms. The summed E-state index contributed by atoms with van der Waals surface area (Å²) in [5.74, 6) is -0.761. The molecule has 2 saturated heterocycles. The third-order valence-corrected chi connectivity index (χ3v) is 4.52. The van der Waals surface area contributed by atoms with Crippen LogP contribution in [0.1, 0.15) is 39.5 Å². The topological polar surface area (TPSA) is 60.9 Å². The Labute approximate surface area is 120 Å². The summed E-state index contributed by atoms with van der Waals surface area (Å²) in [6.45, 7) is 7.12. The second kappa shape index (κ2) is 6.57. The zero-order valence-electron chi connectivity index (χ0n) is 12.5. The van der Waals surface area contributed by atoms with Crippen molar-refractivity contribution >= 4 is 11.9 Å². The van der Waals surface area contributed by atoms with E-state index in [1.54, 1.807) is 4.90 Å². The Balaban J connectivity index is 2.02. The van der Waals surface area contributed by atoms with Gasteiger partial charge in [-0.05, 0) is 38.3 Å². The van der Waals surface area contributed by atoms with Crippen molar-refractivity contribution in [2.24, 2.45) is 11.8 Å². The molecule has 2 atom stereocenters. The van der Waals surface area contributed by atoms with Crippen LogP contribution in [0.2, 0.25) is 0 Å². The summed E-state index contributed by atoms with van der Waals surface area (Å²) in [5, 5.41) is 9.06. The third-order valence-electron chi connectivity index (χ3n) is 4.52. The van der Waals surface area contributed by atoms with Crippen molar-refractivity contribution < 1.29 is 14.7 Å². The van der Waals surface area contributed by atoms with Crippen molar-refractivity contribution in [3.8, 4) is 0 Å². The number of carboxylic acid groups (broad SMARTS) is 1. The summed E-state index contributed by atoms with van der Waals surface area (Å²) in [6, 6.07) is -0.0807. The van der Waals surface area contributed by atoms with Crippen LogP contribution in [-0.4, -0.2) is 59.0 Å². The third kappa shape index (κ3) is 3.32. The number of hydrogen-bond acceptors (Lipinski definition) is 3. The van der Waals surface area contributed by atoms with Crippen LogP contribution in [0.5, 0.6) is 0 Å². The average Bonchev–Trinajstić information content (AvgIpc) is 2.89. The molecule has 0 unspecified atom stereocenters. The van der Waals surface area contributed by atoms with E-state index in [0.717, 1.165) is 25.9 Å². The molecule has 0 aromatic heterocycles. The van der Waals surface area contributed by atoms with E-state index in [1.807, 2.05) is 0 Å². The first-order valence-corrected chi connectivity index (χ1v) is 7.76. The van der Waals surface area contributed by atoms with Crippen LogP contribution in [-0.2, 0) is 9.59 Å². The van der Waals surface area contributed by atoms with Gasteiger partial charge in [-0.25, -0.2) is 0 Å². The molecule has 20 heavy (non-hydrogen) atoms. The summed E-state index contributed by atoms with van der Waals surface area (Å²) in [4.78, 5) is 27.8. The second-order valence-electron chi connectivity index (χ2n) is 6.39. The molecule has 1 amide bonds. The lowest BCUT2D eigenvalue weighted by atomic mass is 9.98. The first-order chi connectivity index (χ1) is 9.50. The predicted octanol–water partition coefficient (Wildman–Crippen LogP) is 1.43. The van der Waals surface area contributed by atoms with E-state index in [0.29, 0.717) is 19.5 Å². The summed E-state index contributed by atoms with van der Waals surface area (Å²) in [7, 11) is 0. The second-order valence-corrected chi connectivity index (χ2v) is 6.39. The summed E-state index contributed by atoms with van der Waals surface area (Å²) in [5.41, 5.74) is 0. The minimum absolute atomic E-state index is 0.0807. The molecule has 2 aliphatic rings. The Kier molecular flexibility index (Phi) is 5.02. The first kappa shape index (κ1) is 15.3. The molecule has 0 aromatic carbocycles. The standard InChI is InChI=1S/C15H26N2O3/c1-11(2)13(16-7-4-3-5-8-16)14(18)17-9-6-12(10-17)15(19)20/h11-13H,3-10H2,1-2H3,(H,19,20)/t12-,13+/m0/s1. The minimum atomic E-state index is -0.778. The quantitative estimate of drug-likeness (QED) is 0.847. The Morgan fingerprint density at radius 2 is 1.75 bits per heavy atom. The van der Waals surface area contributed by atoms with E-state index in [2.05, 4.69) is 18.7 Å². The number of hydrogen-bond donors (Lipinski definition) is 1. The number of carboxylic acids is 1. The Hall–Kier alpha value is -1.10. The molecule has 0 radical (unpaired) electrons. The van der Waals surface area contributed by atoms with E-state index in [4.69, 9.17) is 5.11 Å². The number of nitrogens with zero attached hydrogens (tertiary/aromatic N) is 2. The van der Waals surface area contributed by atoms with Gasteiger partial charge in [0.25, 0.3) is 0 Å². The number of carbonyl (C=O) groups is 2. The van der Waals surface area contributed by atoms with E-state index in [1.165, 1.54) is 6.42 Å². The summed E-state index contributed by atoms with van der Waals surface area (Å²) in [6.07, 6.45) is 4.16. The van der Waals surface area contributed by atoms with E-state index in [9.17, 15) is 9.59 Å². The molecular formula is C15H26N2O3. The van der Waals surface area contributed by atoms with Gasteiger partial charge in [0, 0.05) is 13.1 Å². The molecule has 2 aliphatic heterocycles. The highest BCUT2D eigenvalue weighted by molar-refractivity contribution is 5.83. The fourth-order valence-electron chi connectivity index (χ4n) is 3.41. The van der Waals surface area contributed by atoms with Crippen LogP contribution in [0.4, 0.5) is 0 Å². The Bertz CT molecular complexity index is 364. The highest BCUT2D eigenvalue weighted by Gasteiger charge is 2.37. The van der Waals surface area contributed by atoms with Crippen LogP contribution >= 0.6 is 0 Å². The monoisotopic (exact) mass is 282 g/mol. The average molecular weight is 282 g/mol. The van der Waals surface area contributed by atoms with Gasteiger partial charge in [-0.1, -0.05) is 20.3 Å². The van der Waals surface area contributed by atoms with Crippen molar-refractivity contribution in [1.29, 1.82) is 0 Å². The maximum atomic E-state index is 12.7. The Morgan fingerprint density at radius 1 is 1.10 bits per heavy atom. The molecule has 2 rings (SSSR count). The molecule has 114 valence electrons. The van der Waals surface area contributed by atoms with Gasteiger partial charge in [0.2, 0.25) is 5.91 Å². The van der Waals surface area contributed by atoms with Crippen molar-refractivity contribution in [2.45, 2.75) is 45.6 Å². The van der Waals surface area contributed by atoms with Gasteiger partial charge in [-0.15, -0.1) is 0 Å². The van der Waals surface area contributed by atoms with Gasteiger partial charge in [0.05, 0.1) is 12.0 Å².